The SMILES string of the molecule is O=C(Nc1cccc(Br)c1)N1CCC(c2nc(-c3ccc(Br)cc3)no2)CC1. The standard InChI is InChI=1S/C20H18Br2N4O2/c21-15-6-4-13(5-7-15)18-24-19(28-25-18)14-8-10-26(11-9-14)20(27)23-17-3-1-2-16(22)12-17/h1-7,12,14H,8-11H2,(H,23,27). The summed E-state index contributed by atoms with van der Waals surface area (Å²) in [6.07, 6.45) is 1.60. The third-order valence-corrected chi connectivity index (χ3v) is 5.77. The molecule has 1 aliphatic heterocycles. The Labute approximate surface area is 179 Å². The number of hydrogen-bond acceptors (Lipinski definition) is 4. The lowest BCUT2D eigenvalue weighted by Crippen LogP contribution is -2.40. The first-order chi connectivity index (χ1) is 13.6. The highest BCUT2D eigenvalue weighted by Crippen LogP contribution is 2.29. The highest BCUT2D eigenvalue weighted by molar-refractivity contribution is 9.10. The summed E-state index contributed by atoms with van der Waals surface area (Å²) in [6.45, 7) is 1.31. The Morgan fingerprint density at radius 3 is 2.54 bits per heavy atom. The number of aromatic nitrogens is 2. The topological polar surface area (TPSA) is 71.3 Å². The minimum atomic E-state index is -0.0855. The predicted molar refractivity (Wildman–Crippen MR) is 114 cm³/mol. The number of rotatable bonds is 3. The molecule has 1 N–H and O–H groups in total. The molecule has 1 saturated heterocycles. The zero-order valence-corrected chi connectivity index (χ0v) is 18.1. The average Bonchev–Trinajstić information content (AvgIpc) is 3.19. The van der Waals surface area contributed by atoms with Gasteiger partial charge in [-0.1, -0.05) is 43.1 Å². The van der Waals surface area contributed by atoms with Crippen LogP contribution in [0.5, 0.6) is 0 Å². The molecule has 0 radical (unpaired) electrons. The zero-order chi connectivity index (χ0) is 19.5. The van der Waals surface area contributed by atoms with Gasteiger partial charge < -0.3 is 14.7 Å². The van der Waals surface area contributed by atoms with Gasteiger partial charge in [0.25, 0.3) is 0 Å². The van der Waals surface area contributed by atoms with Crippen LogP contribution in [0.15, 0.2) is 62.0 Å². The van der Waals surface area contributed by atoms with Crippen molar-refractivity contribution in [2.24, 2.45) is 0 Å². The molecule has 2 heterocycles. The molecule has 0 spiro atoms. The quantitative estimate of drug-likeness (QED) is 0.497. The maximum atomic E-state index is 12.5. The molecule has 6 nitrogen and oxygen atoms in total. The summed E-state index contributed by atoms with van der Waals surface area (Å²) in [5.41, 5.74) is 1.70. The summed E-state index contributed by atoms with van der Waals surface area (Å²) in [4.78, 5) is 18.9. The van der Waals surface area contributed by atoms with Gasteiger partial charge >= 0.3 is 6.03 Å². The minimum Gasteiger partial charge on any atom is -0.339 e. The van der Waals surface area contributed by atoms with Crippen LogP contribution in [0.1, 0.15) is 24.7 Å². The second-order valence-electron chi connectivity index (χ2n) is 6.66. The number of amides is 2. The van der Waals surface area contributed by atoms with Gasteiger partial charge in [-0.15, -0.1) is 0 Å². The summed E-state index contributed by atoms with van der Waals surface area (Å²) in [5.74, 6) is 1.41. The first kappa shape index (κ1) is 19.1. The number of urea groups is 1. The van der Waals surface area contributed by atoms with Crippen molar-refractivity contribution in [1.29, 1.82) is 0 Å². The van der Waals surface area contributed by atoms with Crippen LogP contribution in [0.25, 0.3) is 11.4 Å². The number of halogens is 2. The van der Waals surface area contributed by atoms with Crippen LogP contribution in [-0.2, 0) is 0 Å². The lowest BCUT2D eigenvalue weighted by molar-refractivity contribution is 0.187. The Morgan fingerprint density at radius 2 is 1.82 bits per heavy atom. The van der Waals surface area contributed by atoms with Crippen molar-refractivity contribution in [1.82, 2.24) is 15.0 Å². The van der Waals surface area contributed by atoms with Crippen molar-refractivity contribution in [3.05, 3.63) is 63.4 Å². The summed E-state index contributed by atoms with van der Waals surface area (Å²) < 4.78 is 7.44. The number of likely N-dealkylation sites (tertiary alicyclic amines) is 1. The predicted octanol–water partition coefficient (Wildman–Crippen LogP) is 5.67. The second-order valence-corrected chi connectivity index (χ2v) is 8.50. The van der Waals surface area contributed by atoms with E-state index in [-0.39, 0.29) is 11.9 Å². The van der Waals surface area contributed by atoms with E-state index in [1.54, 1.807) is 0 Å². The molecule has 144 valence electrons. The molecule has 28 heavy (non-hydrogen) atoms. The number of nitrogens with zero attached hydrogens (tertiary/aromatic N) is 3. The van der Waals surface area contributed by atoms with Crippen molar-refractivity contribution >= 4 is 43.6 Å². The van der Waals surface area contributed by atoms with Crippen LogP contribution in [-0.4, -0.2) is 34.2 Å². The number of nitrogens with one attached hydrogen (secondary N) is 1. The maximum Gasteiger partial charge on any atom is 0.321 e. The van der Waals surface area contributed by atoms with E-state index < -0.39 is 0 Å². The molecule has 0 bridgehead atoms. The summed E-state index contributed by atoms with van der Waals surface area (Å²) in [7, 11) is 0. The fourth-order valence-corrected chi connectivity index (χ4v) is 3.88. The Balaban J connectivity index is 1.35. The summed E-state index contributed by atoms with van der Waals surface area (Å²) in [6, 6.07) is 15.3. The van der Waals surface area contributed by atoms with Gasteiger partial charge in [-0.3, -0.25) is 0 Å². The molecule has 1 aromatic heterocycles. The number of benzene rings is 2. The van der Waals surface area contributed by atoms with Crippen LogP contribution in [0.4, 0.5) is 10.5 Å². The van der Waals surface area contributed by atoms with E-state index in [2.05, 4.69) is 47.3 Å². The fraction of sp³-hybridized carbons (Fsp3) is 0.250. The highest BCUT2D eigenvalue weighted by atomic mass is 79.9. The first-order valence-electron chi connectivity index (χ1n) is 8.99. The lowest BCUT2D eigenvalue weighted by Gasteiger charge is -2.30. The van der Waals surface area contributed by atoms with E-state index >= 15 is 0 Å². The highest BCUT2D eigenvalue weighted by Gasteiger charge is 2.27. The number of carbonyl (C=O) groups excluding carboxylic acids is 1. The monoisotopic (exact) mass is 504 g/mol. The third kappa shape index (κ3) is 4.44. The van der Waals surface area contributed by atoms with Crippen molar-refractivity contribution in [3.8, 4) is 11.4 Å². The molecule has 0 unspecified atom stereocenters. The Bertz CT molecular complexity index is 966. The lowest BCUT2D eigenvalue weighted by atomic mass is 9.97. The van der Waals surface area contributed by atoms with Crippen molar-refractivity contribution in [2.45, 2.75) is 18.8 Å². The van der Waals surface area contributed by atoms with E-state index in [0.717, 1.165) is 33.0 Å². The zero-order valence-electron chi connectivity index (χ0n) is 14.9. The van der Waals surface area contributed by atoms with E-state index in [9.17, 15) is 4.79 Å². The van der Waals surface area contributed by atoms with Gasteiger partial charge in [0.1, 0.15) is 0 Å². The number of piperidine rings is 1. The van der Waals surface area contributed by atoms with Gasteiger partial charge in [0.2, 0.25) is 11.7 Å². The molecule has 8 heteroatoms. The minimum absolute atomic E-state index is 0.0855. The van der Waals surface area contributed by atoms with Crippen LogP contribution in [0, 0.1) is 0 Å². The van der Waals surface area contributed by atoms with Crippen LogP contribution in [0.2, 0.25) is 0 Å². The molecule has 2 amide bonds. The summed E-state index contributed by atoms with van der Waals surface area (Å²) >= 11 is 6.84. The summed E-state index contributed by atoms with van der Waals surface area (Å²) in [5, 5.41) is 7.05. The van der Waals surface area contributed by atoms with Crippen LogP contribution in [0.3, 0.4) is 0 Å². The molecule has 1 aliphatic rings. The van der Waals surface area contributed by atoms with E-state index in [1.807, 2.05) is 53.4 Å². The molecule has 0 atom stereocenters. The van der Waals surface area contributed by atoms with E-state index in [1.165, 1.54) is 0 Å². The van der Waals surface area contributed by atoms with E-state index in [0.29, 0.717) is 24.8 Å². The Kier molecular flexibility index (Phi) is 5.77. The van der Waals surface area contributed by atoms with Crippen molar-refractivity contribution in [3.63, 3.8) is 0 Å². The Morgan fingerprint density at radius 1 is 1.07 bits per heavy atom. The molecule has 0 aliphatic carbocycles. The normalized spacial score (nSPS) is 14.9. The maximum absolute atomic E-state index is 12.5. The smallest absolute Gasteiger partial charge is 0.321 e. The molecular formula is C20H18Br2N4O2. The number of anilines is 1. The molecule has 1 fully saturated rings. The number of carbonyl (C=O) groups is 1. The average molecular weight is 506 g/mol. The largest absolute Gasteiger partial charge is 0.339 e. The second kappa shape index (κ2) is 8.45. The molecule has 3 aromatic rings. The molecule has 2 aromatic carbocycles. The van der Waals surface area contributed by atoms with Gasteiger partial charge in [-0.2, -0.15) is 4.98 Å². The first-order valence-corrected chi connectivity index (χ1v) is 10.6. The molecule has 0 saturated carbocycles. The van der Waals surface area contributed by atoms with Crippen molar-refractivity contribution in [2.75, 3.05) is 18.4 Å². The van der Waals surface area contributed by atoms with Gasteiger partial charge in [0.05, 0.1) is 0 Å². The van der Waals surface area contributed by atoms with Crippen LogP contribution >= 0.6 is 31.9 Å². The Hall–Kier alpha value is -2.19. The van der Waals surface area contributed by atoms with E-state index in [4.69, 9.17) is 4.52 Å². The number of hydrogen-bond donors (Lipinski definition) is 1. The molecular weight excluding hydrogens is 488 g/mol. The van der Waals surface area contributed by atoms with Gasteiger partial charge in [0, 0.05) is 39.2 Å². The fourth-order valence-electron chi connectivity index (χ4n) is 3.22. The molecule has 4 rings (SSSR count). The van der Waals surface area contributed by atoms with Gasteiger partial charge in [-0.25, -0.2) is 4.79 Å². The van der Waals surface area contributed by atoms with Crippen molar-refractivity contribution < 1.29 is 9.32 Å². The van der Waals surface area contributed by atoms with Crippen LogP contribution < -0.4 is 5.32 Å². The van der Waals surface area contributed by atoms with Gasteiger partial charge in [-0.05, 0) is 55.3 Å². The van der Waals surface area contributed by atoms with Gasteiger partial charge in [0.15, 0.2) is 0 Å². The third-order valence-electron chi connectivity index (χ3n) is 4.75.